The van der Waals surface area contributed by atoms with Gasteiger partial charge < -0.3 is 19.1 Å². The number of esters is 1. The topological polar surface area (TPSA) is 82.9 Å². The van der Waals surface area contributed by atoms with Gasteiger partial charge in [0.15, 0.2) is 5.69 Å². The first kappa shape index (κ1) is 25.6. The molecule has 0 saturated heterocycles. The fraction of sp³-hybridized carbons (Fsp3) is 0.737. The minimum atomic E-state index is -1.22. The lowest BCUT2D eigenvalue weighted by atomic mass is 10.2. The number of rotatable bonds is 9. The van der Waals surface area contributed by atoms with Gasteiger partial charge in [-0.05, 0) is 49.7 Å². The summed E-state index contributed by atoms with van der Waals surface area (Å²) in [6.07, 6.45) is -0.469. The van der Waals surface area contributed by atoms with E-state index in [1.165, 1.54) is 9.58 Å². The molecule has 1 rings (SSSR count). The Bertz CT molecular complexity index is 710. The molecule has 0 aliphatic rings. The van der Waals surface area contributed by atoms with Gasteiger partial charge in [-0.1, -0.05) is 19.6 Å². The van der Waals surface area contributed by atoms with E-state index >= 15 is 0 Å². The van der Waals surface area contributed by atoms with E-state index in [9.17, 15) is 9.59 Å². The molecule has 0 saturated carbocycles. The van der Waals surface area contributed by atoms with Crippen molar-refractivity contribution in [2.24, 2.45) is 0 Å². The van der Waals surface area contributed by atoms with Crippen molar-refractivity contribution in [1.29, 1.82) is 0 Å². The van der Waals surface area contributed by atoms with E-state index < -0.39 is 25.7 Å². The van der Waals surface area contributed by atoms with Crippen molar-refractivity contribution in [3.63, 3.8) is 0 Å². The molecule has 0 atom stereocenters. The van der Waals surface area contributed by atoms with Gasteiger partial charge in [-0.25, -0.2) is 14.3 Å². The lowest BCUT2D eigenvalue weighted by Gasteiger charge is -2.24. The van der Waals surface area contributed by atoms with E-state index in [0.717, 1.165) is 6.04 Å². The zero-order chi connectivity index (χ0) is 22.4. The molecule has 0 fully saturated rings. The van der Waals surface area contributed by atoms with Crippen molar-refractivity contribution < 1.29 is 23.8 Å². The standard InChI is InChI=1S/C19H34BrN3O5Si/c1-9-27-17(24)16-15(20)14(12-22(5)18(25)28-19(2,3)4)21-23(16)13-26-10-11-29(6,7)8/h9-13H2,1-8H3. The van der Waals surface area contributed by atoms with Gasteiger partial charge in [-0.15, -0.1) is 0 Å². The van der Waals surface area contributed by atoms with Crippen LogP contribution in [0.3, 0.4) is 0 Å². The number of hydrogen-bond donors (Lipinski definition) is 0. The van der Waals surface area contributed by atoms with Crippen molar-refractivity contribution in [2.75, 3.05) is 20.3 Å². The summed E-state index contributed by atoms with van der Waals surface area (Å²) >= 11 is 3.44. The summed E-state index contributed by atoms with van der Waals surface area (Å²) in [5, 5.41) is 4.47. The molecular formula is C19H34BrN3O5Si. The Morgan fingerprint density at radius 1 is 1.24 bits per heavy atom. The SMILES string of the molecule is CCOC(=O)c1c(Br)c(CN(C)C(=O)OC(C)(C)C)nn1COCC[Si](C)(C)C. The van der Waals surface area contributed by atoms with Crippen LogP contribution in [0.25, 0.3) is 0 Å². The molecule has 29 heavy (non-hydrogen) atoms. The molecule has 0 spiro atoms. The van der Waals surface area contributed by atoms with Crippen LogP contribution in [0, 0.1) is 0 Å². The molecule has 1 aromatic rings. The zero-order valence-electron chi connectivity index (χ0n) is 18.8. The Morgan fingerprint density at radius 2 is 1.86 bits per heavy atom. The van der Waals surface area contributed by atoms with Crippen LogP contribution >= 0.6 is 15.9 Å². The highest BCUT2D eigenvalue weighted by molar-refractivity contribution is 9.10. The largest absolute Gasteiger partial charge is 0.461 e. The first-order valence-electron chi connectivity index (χ1n) is 9.69. The van der Waals surface area contributed by atoms with Crippen molar-refractivity contribution in [3.8, 4) is 0 Å². The first-order chi connectivity index (χ1) is 13.2. The fourth-order valence-electron chi connectivity index (χ4n) is 2.24. The summed E-state index contributed by atoms with van der Waals surface area (Å²) in [6, 6.07) is 1.01. The van der Waals surface area contributed by atoms with Crippen molar-refractivity contribution in [2.45, 2.75) is 72.3 Å². The highest BCUT2D eigenvalue weighted by atomic mass is 79.9. The number of hydrogen-bond acceptors (Lipinski definition) is 6. The number of nitrogens with zero attached hydrogens (tertiary/aromatic N) is 3. The van der Waals surface area contributed by atoms with Crippen LogP contribution in [0.2, 0.25) is 25.7 Å². The second kappa shape index (κ2) is 10.6. The summed E-state index contributed by atoms with van der Waals surface area (Å²) in [6.45, 7) is 15.1. The van der Waals surface area contributed by atoms with Gasteiger partial charge in [0, 0.05) is 21.7 Å². The van der Waals surface area contributed by atoms with E-state index in [4.69, 9.17) is 14.2 Å². The van der Waals surface area contributed by atoms with E-state index in [2.05, 4.69) is 40.7 Å². The van der Waals surface area contributed by atoms with Gasteiger partial charge in [0.1, 0.15) is 12.3 Å². The number of carbonyl (C=O) groups excluding carboxylic acids is 2. The van der Waals surface area contributed by atoms with E-state index in [0.29, 0.717) is 16.8 Å². The van der Waals surface area contributed by atoms with E-state index in [1.807, 2.05) is 0 Å². The Balaban J connectivity index is 2.98. The average Bonchev–Trinajstić information content (AvgIpc) is 2.85. The first-order valence-corrected chi connectivity index (χ1v) is 14.2. The van der Waals surface area contributed by atoms with Crippen molar-refractivity contribution in [1.82, 2.24) is 14.7 Å². The third kappa shape index (κ3) is 8.87. The summed E-state index contributed by atoms with van der Waals surface area (Å²) in [5.74, 6) is -0.494. The molecule has 0 N–H and O–H groups in total. The monoisotopic (exact) mass is 491 g/mol. The van der Waals surface area contributed by atoms with Crippen LogP contribution in [0.15, 0.2) is 4.47 Å². The molecule has 0 aliphatic heterocycles. The predicted molar refractivity (Wildman–Crippen MR) is 118 cm³/mol. The van der Waals surface area contributed by atoms with Crippen molar-refractivity contribution >= 4 is 36.1 Å². The van der Waals surface area contributed by atoms with Crippen LogP contribution in [-0.2, 0) is 27.5 Å². The lowest BCUT2D eigenvalue weighted by molar-refractivity contribution is 0.0280. The quantitative estimate of drug-likeness (QED) is 0.287. The second-order valence-electron chi connectivity index (χ2n) is 9.01. The number of carbonyl (C=O) groups is 2. The Labute approximate surface area is 183 Å². The second-order valence-corrected chi connectivity index (χ2v) is 15.4. The minimum absolute atomic E-state index is 0.132. The fourth-order valence-corrected chi connectivity index (χ4v) is 3.56. The van der Waals surface area contributed by atoms with Gasteiger partial charge in [-0.3, -0.25) is 0 Å². The summed E-state index contributed by atoms with van der Waals surface area (Å²) in [5.41, 5.74) is 0.199. The van der Waals surface area contributed by atoms with Gasteiger partial charge >= 0.3 is 12.1 Å². The summed E-state index contributed by atoms with van der Waals surface area (Å²) in [4.78, 5) is 26.1. The van der Waals surface area contributed by atoms with Crippen LogP contribution in [0.5, 0.6) is 0 Å². The molecular weight excluding hydrogens is 458 g/mol. The highest BCUT2D eigenvalue weighted by Crippen LogP contribution is 2.24. The normalized spacial score (nSPS) is 12.0. The smallest absolute Gasteiger partial charge is 0.410 e. The molecule has 8 nitrogen and oxygen atoms in total. The molecule has 0 aliphatic carbocycles. The molecule has 1 aromatic heterocycles. The van der Waals surface area contributed by atoms with Crippen LogP contribution in [0.4, 0.5) is 4.79 Å². The third-order valence-electron chi connectivity index (χ3n) is 3.73. The molecule has 0 radical (unpaired) electrons. The molecule has 10 heteroatoms. The minimum Gasteiger partial charge on any atom is -0.461 e. The highest BCUT2D eigenvalue weighted by Gasteiger charge is 2.26. The molecule has 166 valence electrons. The van der Waals surface area contributed by atoms with E-state index in [-0.39, 0.29) is 25.6 Å². The maximum absolute atomic E-state index is 12.4. The molecule has 0 unspecified atom stereocenters. The Kier molecular flexibility index (Phi) is 9.36. The maximum Gasteiger partial charge on any atom is 0.410 e. The Hall–Kier alpha value is -1.39. The summed E-state index contributed by atoms with van der Waals surface area (Å²) in [7, 11) is 0.402. The van der Waals surface area contributed by atoms with Crippen LogP contribution < -0.4 is 0 Å². The van der Waals surface area contributed by atoms with Crippen molar-refractivity contribution in [3.05, 3.63) is 15.9 Å². The predicted octanol–water partition coefficient (Wildman–Crippen LogP) is 4.50. The lowest BCUT2D eigenvalue weighted by Crippen LogP contribution is -2.34. The molecule has 1 amide bonds. The van der Waals surface area contributed by atoms with Gasteiger partial charge in [-0.2, -0.15) is 5.10 Å². The van der Waals surface area contributed by atoms with E-state index in [1.54, 1.807) is 34.7 Å². The number of amides is 1. The van der Waals surface area contributed by atoms with Crippen LogP contribution in [0.1, 0.15) is 43.9 Å². The number of halogens is 1. The average molecular weight is 492 g/mol. The zero-order valence-corrected chi connectivity index (χ0v) is 21.4. The van der Waals surface area contributed by atoms with Gasteiger partial charge in [0.25, 0.3) is 0 Å². The Morgan fingerprint density at radius 3 is 2.38 bits per heavy atom. The van der Waals surface area contributed by atoms with Gasteiger partial charge in [0.2, 0.25) is 0 Å². The maximum atomic E-state index is 12.4. The molecule has 0 bridgehead atoms. The summed E-state index contributed by atoms with van der Waals surface area (Å²) < 4.78 is 18.2. The number of aromatic nitrogens is 2. The third-order valence-corrected chi connectivity index (χ3v) is 6.27. The molecule has 1 heterocycles. The number of ether oxygens (including phenoxy) is 3. The van der Waals surface area contributed by atoms with Gasteiger partial charge in [0.05, 0.1) is 23.3 Å². The van der Waals surface area contributed by atoms with Crippen LogP contribution in [-0.4, -0.2) is 60.7 Å². The molecule has 0 aromatic carbocycles.